The van der Waals surface area contributed by atoms with Crippen LogP contribution in [0.5, 0.6) is 0 Å². The van der Waals surface area contributed by atoms with Crippen LogP contribution in [0.4, 0.5) is 0 Å². The third-order valence-corrected chi connectivity index (χ3v) is 4.10. The van der Waals surface area contributed by atoms with Crippen LogP contribution >= 0.6 is 0 Å². The van der Waals surface area contributed by atoms with E-state index in [1.165, 1.54) is 0 Å². The summed E-state index contributed by atoms with van der Waals surface area (Å²) in [4.78, 5) is 8.97. The Morgan fingerprint density at radius 2 is 0.958 bits per heavy atom. The molecule has 0 spiro atoms. The van der Waals surface area contributed by atoms with Crippen LogP contribution in [0.3, 0.4) is 0 Å². The van der Waals surface area contributed by atoms with Crippen molar-refractivity contribution < 1.29 is 20.1 Å². The lowest BCUT2D eigenvalue weighted by molar-refractivity contribution is 0.424. The molecule has 0 unspecified atom stereocenters. The highest BCUT2D eigenvalue weighted by Crippen LogP contribution is 2.20. The summed E-state index contributed by atoms with van der Waals surface area (Å²) >= 11 is 0. The zero-order chi connectivity index (χ0) is 16.8. The van der Waals surface area contributed by atoms with Crippen molar-refractivity contribution in [2.45, 2.75) is 0 Å². The first kappa shape index (κ1) is 15.0. The molecule has 0 aliphatic rings. The SMILES string of the molecule is OB(O)c1c2ccccc2c(B(O)O)c2nc3ccccc3nc12. The minimum atomic E-state index is -1.77. The van der Waals surface area contributed by atoms with Crippen molar-refractivity contribution >= 4 is 58.0 Å². The lowest BCUT2D eigenvalue weighted by atomic mass is 9.69. The molecule has 0 saturated heterocycles. The Bertz CT molecular complexity index is 1000. The monoisotopic (exact) mass is 318 g/mol. The fourth-order valence-electron chi connectivity index (χ4n) is 3.11. The predicted molar refractivity (Wildman–Crippen MR) is 94.2 cm³/mol. The second-order valence-corrected chi connectivity index (χ2v) is 5.53. The Balaban J connectivity index is 2.32. The summed E-state index contributed by atoms with van der Waals surface area (Å²) in [6.07, 6.45) is 0. The summed E-state index contributed by atoms with van der Waals surface area (Å²) in [5.74, 6) is 0. The molecule has 3 aromatic carbocycles. The largest absolute Gasteiger partial charge is 0.491 e. The molecule has 0 aliphatic carbocycles. The van der Waals surface area contributed by atoms with Gasteiger partial charge in [-0.15, -0.1) is 0 Å². The third-order valence-electron chi connectivity index (χ3n) is 4.10. The number of para-hydroxylation sites is 2. The topological polar surface area (TPSA) is 107 Å². The van der Waals surface area contributed by atoms with Gasteiger partial charge in [0.05, 0.1) is 22.1 Å². The Labute approximate surface area is 137 Å². The second-order valence-electron chi connectivity index (χ2n) is 5.53. The van der Waals surface area contributed by atoms with Crippen molar-refractivity contribution in [1.29, 1.82) is 0 Å². The molecule has 24 heavy (non-hydrogen) atoms. The van der Waals surface area contributed by atoms with Crippen molar-refractivity contribution in [1.82, 2.24) is 9.97 Å². The number of nitrogens with zero attached hydrogens (tertiary/aromatic N) is 2. The van der Waals surface area contributed by atoms with Crippen LogP contribution in [-0.4, -0.2) is 44.3 Å². The highest BCUT2D eigenvalue weighted by Gasteiger charge is 2.28. The van der Waals surface area contributed by atoms with Crippen molar-refractivity contribution in [3.05, 3.63) is 48.5 Å². The molecule has 116 valence electrons. The lowest BCUT2D eigenvalue weighted by Gasteiger charge is -2.15. The van der Waals surface area contributed by atoms with E-state index in [4.69, 9.17) is 0 Å². The van der Waals surface area contributed by atoms with E-state index in [0.717, 1.165) is 0 Å². The maximum atomic E-state index is 9.88. The van der Waals surface area contributed by atoms with Crippen molar-refractivity contribution in [2.75, 3.05) is 0 Å². The predicted octanol–water partition coefficient (Wildman–Crippen LogP) is -0.704. The van der Waals surface area contributed by atoms with Crippen LogP contribution < -0.4 is 10.9 Å². The van der Waals surface area contributed by atoms with E-state index < -0.39 is 14.2 Å². The van der Waals surface area contributed by atoms with Crippen LogP contribution in [0, 0.1) is 0 Å². The van der Waals surface area contributed by atoms with E-state index in [1.54, 1.807) is 48.5 Å². The van der Waals surface area contributed by atoms with Gasteiger partial charge in [-0.3, -0.25) is 0 Å². The Morgan fingerprint density at radius 3 is 1.33 bits per heavy atom. The number of hydrogen-bond acceptors (Lipinski definition) is 6. The van der Waals surface area contributed by atoms with E-state index in [9.17, 15) is 20.1 Å². The van der Waals surface area contributed by atoms with Crippen LogP contribution in [-0.2, 0) is 0 Å². The fraction of sp³-hybridized carbons (Fsp3) is 0. The molecule has 8 heteroatoms. The van der Waals surface area contributed by atoms with Gasteiger partial charge in [0.25, 0.3) is 0 Å². The number of hydrogen-bond donors (Lipinski definition) is 4. The molecule has 4 N–H and O–H groups in total. The standard InChI is InChI=1S/C16H12B2N2O4/c21-17(22)13-9-5-1-2-6-10(9)14(18(23)24)16-15(13)19-11-7-3-4-8-12(11)20-16/h1-8,21-24H. The minimum Gasteiger partial charge on any atom is -0.423 e. The van der Waals surface area contributed by atoms with Crippen LogP contribution in [0.1, 0.15) is 0 Å². The highest BCUT2D eigenvalue weighted by atomic mass is 16.4. The first-order chi connectivity index (χ1) is 11.6. The molecule has 4 rings (SSSR count). The van der Waals surface area contributed by atoms with Crippen LogP contribution in [0.15, 0.2) is 48.5 Å². The van der Waals surface area contributed by atoms with Crippen molar-refractivity contribution in [2.24, 2.45) is 0 Å². The molecule has 0 aliphatic heterocycles. The normalized spacial score (nSPS) is 11.3. The van der Waals surface area contributed by atoms with Crippen LogP contribution in [0.25, 0.3) is 32.8 Å². The average Bonchev–Trinajstić information content (AvgIpc) is 2.57. The van der Waals surface area contributed by atoms with E-state index in [-0.39, 0.29) is 22.0 Å². The van der Waals surface area contributed by atoms with Gasteiger partial charge in [0.2, 0.25) is 0 Å². The summed E-state index contributed by atoms with van der Waals surface area (Å²) in [6.45, 7) is 0. The number of aromatic nitrogens is 2. The minimum absolute atomic E-state index is 0.197. The first-order valence-corrected chi connectivity index (χ1v) is 7.41. The maximum absolute atomic E-state index is 9.88. The molecule has 0 radical (unpaired) electrons. The molecular formula is C16H12B2N2O4. The molecule has 0 fully saturated rings. The lowest BCUT2D eigenvalue weighted by Crippen LogP contribution is -2.38. The Kier molecular flexibility index (Phi) is 3.47. The number of benzene rings is 3. The van der Waals surface area contributed by atoms with E-state index in [1.807, 2.05) is 0 Å². The molecule has 0 saturated carbocycles. The Morgan fingerprint density at radius 1 is 0.583 bits per heavy atom. The van der Waals surface area contributed by atoms with Gasteiger partial charge in [0.1, 0.15) is 0 Å². The van der Waals surface area contributed by atoms with Gasteiger partial charge in [0, 0.05) is 10.9 Å². The molecule has 0 bridgehead atoms. The molecule has 4 aromatic rings. The third kappa shape index (κ3) is 2.16. The zero-order valence-electron chi connectivity index (χ0n) is 12.5. The Hall–Kier alpha value is -2.51. The van der Waals surface area contributed by atoms with Gasteiger partial charge in [-0.2, -0.15) is 0 Å². The summed E-state index contributed by atoms with van der Waals surface area (Å²) in [5.41, 5.74) is 2.05. The van der Waals surface area contributed by atoms with Crippen molar-refractivity contribution in [3.8, 4) is 0 Å². The zero-order valence-corrected chi connectivity index (χ0v) is 12.5. The van der Waals surface area contributed by atoms with Crippen LogP contribution in [0.2, 0.25) is 0 Å². The number of rotatable bonds is 2. The van der Waals surface area contributed by atoms with Crippen molar-refractivity contribution in [3.63, 3.8) is 0 Å². The molecule has 1 heterocycles. The van der Waals surface area contributed by atoms with Gasteiger partial charge in [0.15, 0.2) is 0 Å². The van der Waals surface area contributed by atoms with Gasteiger partial charge in [-0.25, -0.2) is 9.97 Å². The maximum Gasteiger partial charge on any atom is 0.491 e. The molecule has 0 amide bonds. The second kappa shape index (κ2) is 5.54. The summed E-state index contributed by atoms with van der Waals surface area (Å²) < 4.78 is 0. The fourth-order valence-corrected chi connectivity index (χ4v) is 3.11. The van der Waals surface area contributed by atoms with Gasteiger partial charge in [-0.05, 0) is 22.9 Å². The molecule has 1 aromatic heterocycles. The summed E-state index contributed by atoms with van der Waals surface area (Å²) in [6, 6.07) is 14.0. The number of fused-ring (bicyclic) bond motifs is 3. The first-order valence-electron chi connectivity index (χ1n) is 7.41. The highest BCUT2D eigenvalue weighted by molar-refractivity contribution is 6.70. The van der Waals surface area contributed by atoms with Gasteiger partial charge < -0.3 is 20.1 Å². The van der Waals surface area contributed by atoms with Gasteiger partial charge >= 0.3 is 14.2 Å². The molecular weight excluding hydrogens is 306 g/mol. The molecule has 0 atom stereocenters. The van der Waals surface area contributed by atoms with E-state index in [0.29, 0.717) is 21.8 Å². The van der Waals surface area contributed by atoms with E-state index >= 15 is 0 Å². The smallest absolute Gasteiger partial charge is 0.423 e. The average molecular weight is 318 g/mol. The van der Waals surface area contributed by atoms with Gasteiger partial charge in [-0.1, -0.05) is 36.4 Å². The molecule has 6 nitrogen and oxygen atoms in total. The van der Waals surface area contributed by atoms with E-state index in [2.05, 4.69) is 9.97 Å². The quantitative estimate of drug-likeness (QED) is 0.288. The summed E-state index contributed by atoms with van der Waals surface area (Å²) in [7, 11) is -3.53. The summed E-state index contributed by atoms with van der Waals surface area (Å²) in [5, 5.41) is 40.5.